The molecule has 3 nitrogen and oxygen atoms in total. The summed E-state index contributed by atoms with van der Waals surface area (Å²) in [7, 11) is 4.89. The Kier molecular flexibility index (Phi) is 6.20. The third-order valence-electron chi connectivity index (χ3n) is 4.81. The van der Waals surface area contributed by atoms with Crippen LogP contribution in [0.5, 0.6) is 17.2 Å². The van der Waals surface area contributed by atoms with Crippen LogP contribution in [0.2, 0.25) is 0 Å². The monoisotopic (exact) mass is 395 g/mol. The van der Waals surface area contributed by atoms with Gasteiger partial charge in [-0.25, -0.2) is 0 Å². The second-order valence-corrected chi connectivity index (χ2v) is 8.73. The Labute approximate surface area is 170 Å². The van der Waals surface area contributed by atoms with E-state index in [2.05, 4.69) is 75.4 Å². The van der Waals surface area contributed by atoms with E-state index in [4.69, 9.17) is 14.2 Å². The van der Waals surface area contributed by atoms with Gasteiger partial charge in [0, 0.05) is 18.2 Å². The lowest BCUT2D eigenvalue weighted by molar-refractivity contribution is 0.411. The van der Waals surface area contributed by atoms with Crippen LogP contribution in [0.3, 0.4) is 0 Å². The van der Waals surface area contributed by atoms with Gasteiger partial charge in [-0.1, -0.05) is 0 Å². The fourth-order valence-electron chi connectivity index (χ4n) is 3.34. The van der Waals surface area contributed by atoms with Gasteiger partial charge in [-0.15, -0.1) is 0 Å². The molecule has 0 aliphatic heterocycles. The molecule has 0 fully saturated rings. The molecule has 0 bridgehead atoms. The van der Waals surface area contributed by atoms with E-state index in [9.17, 15) is 0 Å². The summed E-state index contributed by atoms with van der Waals surface area (Å²) in [5, 5.41) is 0. The maximum absolute atomic E-state index is 5.46. The first-order valence-corrected chi connectivity index (χ1v) is 10.4. The van der Waals surface area contributed by atoms with Crippen LogP contribution in [0.4, 0.5) is 0 Å². The van der Waals surface area contributed by atoms with Crippen molar-refractivity contribution in [3.8, 4) is 17.2 Å². The van der Waals surface area contributed by atoms with E-state index in [1.807, 2.05) is 0 Å². The van der Waals surface area contributed by atoms with Crippen molar-refractivity contribution >= 4 is 10.9 Å². The van der Waals surface area contributed by atoms with Crippen molar-refractivity contribution in [3.05, 3.63) is 71.3 Å². The largest absolute Gasteiger partial charge is 0.496 e. The number of aryl methyl sites for hydroxylation is 3. The Balaban J connectivity index is 2.17. The standard InChI is InChI=1S/C24H27O3S/c1-16-13-19(7-10-22(16)25-4)28(20-8-11-23(26-5)17(2)14-20)21-9-12-24(27-6)18(3)15-21/h7-15H,1-6H3/q+1. The summed E-state index contributed by atoms with van der Waals surface area (Å²) in [6, 6.07) is 19.3. The molecule has 0 aliphatic carbocycles. The second-order valence-electron chi connectivity index (χ2n) is 6.70. The average Bonchev–Trinajstić information content (AvgIpc) is 2.69. The van der Waals surface area contributed by atoms with Gasteiger partial charge >= 0.3 is 0 Å². The fourth-order valence-corrected chi connectivity index (χ4v) is 5.65. The topological polar surface area (TPSA) is 27.7 Å². The fraction of sp³-hybridized carbons (Fsp3) is 0.250. The molecule has 0 atom stereocenters. The van der Waals surface area contributed by atoms with Crippen LogP contribution in [0.15, 0.2) is 69.3 Å². The lowest BCUT2D eigenvalue weighted by Gasteiger charge is -2.13. The van der Waals surface area contributed by atoms with Crippen molar-refractivity contribution in [1.29, 1.82) is 0 Å². The SMILES string of the molecule is COc1ccc([S+](c2ccc(OC)c(C)c2)c2ccc(OC)c(C)c2)cc1C. The maximum Gasteiger partial charge on any atom is 0.167 e. The first-order valence-electron chi connectivity index (χ1n) is 9.16. The predicted molar refractivity (Wildman–Crippen MR) is 115 cm³/mol. The lowest BCUT2D eigenvalue weighted by Crippen LogP contribution is -2.07. The smallest absolute Gasteiger partial charge is 0.167 e. The molecule has 0 N–H and O–H groups in total. The predicted octanol–water partition coefficient (Wildman–Crippen LogP) is 5.73. The highest BCUT2D eigenvalue weighted by atomic mass is 32.2. The Morgan fingerprint density at radius 3 is 1.00 bits per heavy atom. The van der Waals surface area contributed by atoms with Crippen LogP contribution in [0.25, 0.3) is 0 Å². The zero-order chi connectivity index (χ0) is 20.3. The molecular formula is C24H27O3S+. The maximum atomic E-state index is 5.46. The van der Waals surface area contributed by atoms with E-state index in [0.717, 1.165) is 33.9 Å². The van der Waals surface area contributed by atoms with E-state index in [0.29, 0.717) is 0 Å². The molecule has 0 saturated carbocycles. The Morgan fingerprint density at radius 1 is 0.500 bits per heavy atom. The van der Waals surface area contributed by atoms with Crippen molar-refractivity contribution in [1.82, 2.24) is 0 Å². The Hall–Kier alpha value is -2.59. The lowest BCUT2D eigenvalue weighted by atomic mass is 10.2. The van der Waals surface area contributed by atoms with Crippen LogP contribution >= 0.6 is 0 Å². The van der Waals surface area contributed by atoms with Gasteiger partial charge in [-0.05, 0) is 73.9 Å². The molecule has 0 aromatic heterocycles. The highest BCUT2D eigenvalue weighted by Crippen LogP contribution is 2.36. The number of hydrogen-bond acceptors (Lipinski definition) is 3. The van der Waals surface area contributed by atoms with Crippen LogP contribution in [-0.4, -0.2) is 21.3 Å². The average molecular weight is 396 g/mol. The van der Waals surface area contributed by atoms with Gasteiger partial charge < -0.3 is 14.2 Å². The summed E-state index contributed by atoms with van der Waals surface area (Å²) in [6.45, 7) is 6.26. The van der Waals surface area contributed by atoms with Crippen LogP contribution < -0.4 is 14.2 Å². The summed E-state index contributed by atoms with van der Waals surface area (Å²) in [4.78, 5) is 3.77. The van der Waals surface area contributed by atoms with Gasteiger partial charge in [0.1, 0.15) is 17.2 Å². The third kappa shape index (κ3) is 3.97. The molecule has 0 heterocycles. The van der Waals surface area contributed by atoms with E-state index >= 15 is 0 Å². The number of methoxy groups -OCH3 is 3. The van der Waals surface area contributed by atoms with Gasteiger partial charge in [-0.2, -0.15) is 0 Å². The summed E-state index contributed by atoms with van der Waals surface area (Å²) in [5.41, 5.74) is 3.40. The molecule has 0 saturated heterocycles. The zero-order valence-electron chi connectivity index (χ0n) is 17.3. The molecule has 0 aliphatic rings. The molecule has 28 heavy (non-hydrogen) atoms. The molecule has 3 aromatic rings. The highest BCUT2D eigenvalue weighted by Gasteiger charge is 2.30. The molecular weight excluding hydrogens is 368 g/mol. The van der Waals surface area contributed by atoms with E-state index in [1.165, 1.54) is 14.7 Å². The molecule has 3 aromatic carbocycles. The summed E-state index contributed by atoms with van der Waals surface area (Å²) in [5.74, 6) is 2.72. The Morgan fingerprint density at radius 2 is 0.786 bits per heavy atom. The van der Waals surface area contributed by atoms with Crippen molar-refractivity contribution in [2.75, 3.05) is 21.3 Å². The quantitative estimate of drug-likeness (QED) is 0.499. The van der Waals surface area contributed by atoms with Crippen molar-refractivity contribution in [3.63, 3.8) is 0 Å². The summed E-state index contributed by atoms with van der Waals surface area (Å²) >= 11 is 0. The second kappa shape index (κ2) is 8.61. The van der Waals surface area contributed by atoms with Crippen LogP contribution in [0.1, 0.15) is 16.7 Å². The van der Waals surface area contributed by atoms with Gasteiger partial charge in [0.25, 0.3) is 0 Å². The van der Waals surface area contributed by atoms with Crippen molar-refractivity contribution in [2.45, 2.75) is 35.5 Å². The molecule has 0 amide bonds. The van der Waals surface area contributed by atoms with Gasteiger partial charge in [0.15, 0.2) is 14.7 Å². The van der Waals surface area contributed by atoms with Crippen molar-refractivity contribution in [2.24, 2.45) is 0 Å². The molecule has 3 rings (SSSR count). The minimum Gasteiger partial charge on any atom is -0.496 e. The molecule has 4 heteroatoms. The number of hydrogen-bond donors (Lipinski definition) is 0. The van der Waals surface area contributed by atoms with Gasteiger partial charge in [0.2, 0.25) is 0 Å². The third-order valence-corrected chi connectivity index (χ3v) is 6.98. The van der Waals surface area contributed by atoms with Gasteiger partial charge in [-0.3, -0.25) is 0 Å². The molecule has 146 valence electrons. The normalized spacial score (nSPS) is 10.8. The van der Waals surface area contributed by atoms with Crippen LogP contribution in [-0.2, 0) is 10.9 Å². The van der Waals surface area contributed by atoms with Crippen LogP contribution in [0, 0.1) is 20.8 Å². The molecule has 0 spiro atoms. The van der Waals surface area contributed by atoms with E-state index < -0.39 is 0 Å². The molecule has 0 radical (unpaired) electrons. The minimum absolute atomic E-state index is 0.243. The van der Waals surface area contributed by atoms with E-state index in [-0.39, 0.29) is 10.9 Å². The van der Waals surface area contributed by atoms with E-state index in [1.54, 1.807) is 21.3 Å². The zero-order valence-corrected chi connectivity index (χ0v) is 18.1. The highest BCUT2D eigenvalue weighted by molar-refractivity contribution is 7.97. The first-order chi connectivity index (χ1) is 13.5. The number of benzene rings is 3. The summed E-state index contributed by atoms with van der Waals surface area (Å²) < 4.78 is 16.4. The summed E-state index contributed by atoms with van der Waals surface area (Å²) in [6.07, 6.45) is 0. The minimum atomic E-state index is -0.243. The Bertz CT molecular complexity index is 854. The number of ether oxygens (including phenoxy) is 3. The van der Waals surface area contributed by atoms with Crippen molar-refractivity contribution < 1.29 is 14.2 Å². The first kappa shape index (κ1) is 20.2. The number of rotatable bonds is 6. The van der Waals surface area contributed by atoms with Gasteiger partial charge in [0.05, 0.1) is 32.2 Å². The molecule has 0 unspecified atom stereocenters.